The molecular weight excluding hydrogens is 270 g/mol. The lowest BCUT2D eigenvalue weighted by Crippen LogP contribution is -2.62. The van der Waals surface area contributed by atoms with E-state index in [0.717, 1.165) is 11.3 Å². The molecule has 2 aliphatic heterocycles. The SMILES string of the molecule is CCC(C)NC1=[N+](C(C)C)C2C(=O)N(C)C(=O)N(C)C2=N1. The Bertz CT molecular complexity index is 537. The maximum atomic E-state index is 12.5. The Labute approximate surface area is 125 Å². The number of nitrogens with zero attached hydrogens (tertiary/aromatic N) is 4. The molecule has 2 heterocycles. The molecule has 0 aromatic carbocycles. The molecule has 116 valence electrons. The Morgan fingerprint density at radius 1 is 1.24 bits per heavy atom. The highest BCUT2D eigenvalue weighted by Crippen LogP contribution is 2.20. The van der Waals surface area contributed by atoms with E-state index in [9.17, 15) is 9.59 Å². The van der Waals surface area contributed by atoms with Crippen molar-refractivity contribution in [3.8, 4) is 0 Å². The van der Waals surface area contributed by atoms with Crippen molar-refractivity contribution in [2.75, 3.05) is 14.1 Å². The summed E-state index contributed by atoms with van der Waals surface area (Å²) >= 11 is 0. The fraction of sp³-hybridized carbons (Fsp3) is 0.714. The van der Waals surface area contributed by atoms with Crippen LogP contribution in [-0.4, -0.2) is 70.3 Å². The molecule has 2 atom stereocenters. The third-order valence-corrected chi connectivity index (χ3v) is 4.01. The lowest BCUT2D eigenvalue weighted by molar-refractivity contribution is -0.567. The van der Waals surface area contributed by atoms with Crippen molar-refractivity contribution in [3.05, 3.63) is 0 Å². The molecular formula is C14H24N5O2+. The highest BCUT2D eigenvalue weighted by molar-refractivity contribution is 6.22. The van der Waals surface area contributed by atoms with Gasteiger partial charge in [0.15, 0.2) is 0 Å². The molecule has 1 N–H and O–H groups in total. The van der Waals surface area contributed by atoms with Crippen LogP contribution in [-0.2, 0) is 4.79 Å². The maximum absolute atomic E-state index is 12.5. The molecule has 1 saturated heterocycles. The second kappa shape index (κ2) is 5.46. The Kier molecular flexibility index (Phi) is 4.02. The number of carbonyl (C=O) groups is 2. The summed E-state index contributed by atoms with van der Waals surface area (Å²) in [5, 5.41) is 3.33. The van der Waals surface area contributed by atoms with Crippen LogP contribution in [0.15, 0.2) is 4.99 Å². The Morgan fingerprint density at radius 3 is 2.38 bits per heavy atom. The first kappa shape index (κ1) is 15.5. The van der Waals surface area contributed by atoms with Crippen molar-refractivity contribution in [1.82, 2.24) is 15.1 Å². The largest absolute Gasteiger partial charge is 0.390 e. The van der Waals surface area contributed by atoms with E-state index in [1.54, 1.807) is 7.05 Å². The van der Waals surface area contributed by atoms with Gasteiger partial charge in [0.2, 0.25) is 11.9 Å². The summed E-state index contributed by atoms with van der Waals surface area (Å²) in [6.45, 7) is 8.18. The minimum atomic E-state index is -0.524. The van der Waals surface area contributed by atoms with E-state index >= 15 is 0 Å². The van der Waals surface area contributed by atoms with E-state index in [4.69, 9.17) is 0 Å². The molecule has 0 aliphatic carbocycles. The van der Waals surface area contributed by atoms with E-state index in [0.29, 0.717) is 11.8 Å². The van der Waals surface area contributed by atoms with Gasteiger partial charge in [0.1, 0.15) is 0 Å². The standard InChI is InChI=1S/C14H23N5O2/c1-7-9(4)15-13-16-11-10(19(13)8(2)3)12(20)18(6)14(21)17(11)5/h8-10H,7H2,1-6H3/p+1. The molecule has 0 radical (unpaired) electrons. The van der Waals surface area contributed by atoms with Crippen molar-refractivity contribution in [2.24, 2.45) is 4.99 Å². The second-order valence-corrected chi connectivity index (χ2v) is 5.89. The predicted octanol–water partition coefficient (Wildman–Crippen LogP) is 0.456. The lowest BCUT2D eigenvalue weighted by atomic mass is 10.1. The van der Waals surface area contributed by atoms with Crippen LogP contribution in [0.25, 0.3) is 0 Å². The monoisotopic (exact) mass is 294 g/mol. The number of carbonyl (C=O) groups excluding carboxylic acids is 2. The van der Waals surface area contributed by atoms with Crippen LogP contribution < -0.4 is 5.32 Å². The predicted molar refractivity (Wildman–Crippen MR) is 80.4 cm³/mol. The average Bonchev–Trinajstić information content (AvgIpc) is 2.82. The van der Waals surface area contributed by atoms with Crippen LogP contribution in [0.2, 0.25) is 0 Å². The van der Waals surface area contributed by atoms with Gasteiger partial charge in [-0.25, -0.2) is 9.37 Å². The first-order valence-electron chi connectivity index (χ1n) is 7.35. The van der Waals surface area contributed by atoms with Gasteiger partial charge >= 0.3 is 12.0 Å². The van der Waals surface area contributed by atoms with Crippen LogP contribution in [0.4, 0.5) is 4.79 Å². The molecule has 1 fully saturated rings. The van der Waals surface area contributed by atoms with Crippen LogP contribution in [0, 0.1) is 0 Å². The quantitative estimate of drug-likeness (QED) is 0.769. The van der Waals surface area contributed by atoms with Gasteiger partial charge < -0.3 is 0 Å². The number of guanidine groups is 1. The van der Waals surface area contributed by atoms with E-state index in [-0.39, 0.29) is 24.0 Å². The molecule has 21 heavy (non-hydrogen) atoms. The normalized spacial score (nSPS) is 23.8. The van der Waals surface area contributed by atoms with Gasteiger partial charge in [-0.2, -0.15) is 0 Å². The molecule has 0 aromatic heterocycles. The molecule has 0 aromatic rings. The van der Waals surface area contributed by atoms with Crippen molar-refractivity contribution in [1.29, 1.82) is 0 Å². The molecule has 7 heteroatoms. The lowest BCUT2D eigenvalue weighted by Gasteiger charge is -2.32. The minimum absolute atomic E-state index is 0.0989. The third kappa shape index (κ3) is 2.41. The fourth-order valence-corrected chi connectivity index (χ4v) is 2.53. The maximum Gasteiger partial charge on any atom is 0.390 e. The number of rotatable bonds is 3. The number of likely N-dealkylation sites (N-methyl/N-ethyl adjacent to an activating group) is 2. The molecule has 2 aliphatic rings. The van der Waals surface area contributed by atoms with Gasteiger partial charge in [-0.3, -0.25) is 19.9 Å². The molecule has 0 spiro atoms. The first-order valence-corrected chi connectivity index (χ1v) is 7.35. The first-order chi connectivity index (χ1) is 9.79. The third-order valence-electron chi connectivity index (χ3n) is 4.01. The highest BCUT2D eigenvalue weighted by Gasteiger charge is 2.52. The molecule has 0 saturated carbocycles. The topological polar surface area (TPSA) is 68.0 Å². The van der Waals surface area contributed by atoms with E-state index in [1.807, 2.05) is 18.4 Å². The molecule has 2 unspecified atom stereocenters. The Balaban J connectivity index is 2.46. The van der Waals surface area contributed by atoms with Gasteiger partial charge in [-0.1, -0.05) is 11.9 Å². The van der Waals surface area contributed by atoms with Crippen LogP contribution in [0.3, 0.4) is 0 Å². The van der Waals surface area contributed by atoms with E-state index < -0.39 is 6.04 Å². The summed E-state index contributed by atoms with van der Waals surface area (Å²) in [6.07, 6.45) is 0.952. The summed E-state index contributed by atoms with van der Waals surface area (Å²) in [4.78, 5) is 31.7. The Morgan fingerprint density at radius 2 is 1.86 bits per heavy atom. The number of amides is 3. The average molecular weight is 294 g/mol. The summed E-state index contributed by atoms with van der Waals surface area (Å²) in [7, 11) is 3.17. The van der Waals surface area contributed by atoms with Crippen molar-refractivity contribution in [3.63, 3.8) is 0 Å². The number of hydrogen-bond donors (Lipinski definition) is 1. The van der Waals surface area contributed by atoms with Crippen molar-refractivity contribution < 1.29 is 14.2 Å². The number of imide groups is 1. The number of fused-ring (bicyclic) bond motifs is 1. The molecule has 3 amide bonds. The number of nitrogens with one attached hydrogen (secondary N) is 1. The smallest absolute Gasteiger partial charge is 0.272 e. The minimum Gasteiger partial charge on any atom is -0.272 e. The van der Waals surface area contributed by atoms with E-state index in [1.165, 1.54) is 11.9 Å². The van der Waals surface area contributed by atoms with Gasteiger partial charge in [0, 0.05) is 14.1 Å². The summed E-state index contributed by atoms with van der Waals surface area (Å²) in [6, 6.07) is -0.519. The zero-order chi connectivity index (χ0) is 15.9. The van der Waals surface area contributed by atoms with Crippen LogP contribution in [0.5, 0.6) is 0 Å². The van der Waals surface area contributed by atoms with Gasteiger partial charge in [-0.05, 0) is 27.2 Å². The molecule has 0 bridgehead atoms. The number of amidine groups is 1. The second-order valence-electron chi connectivity index (χ2n) is 5.89. The number of urea groups is 1. The number of aliphatic imine (C=N–C) groups is 1. The fourth-order valence-electron chi connectivity index (χ4n) is 2.53. The summed E-state index contributed by atoms with van der Waals surface area (Å²) < 4.78 is 1.95. The van der Waals surface area contributed by atoms with Crippen molar-refractivity contribution in [2.45, 2.75) is 52.2 Å². The molecule has 7 nitrogen and oxygen atoms in total. The van der Waals surface area contributed by atoms with Gasteiger partial charge in [0.05, 0.1) is 12.1 Å². The summed E-state index contributed by atoms with van der Waals surface area (Å²) in [5.74, 6) is 0.941. The van der Waals surface area contributed by atoms with Gasteiger partial charge in [-0.15, -0.1) is 0 Å². The van der Waals surface area contributed by atoms with E-state index in [2.05, 4.69) is 24.2 Å². The molecule has 2 rings (SSSR count). The number of hydrogen-bond acceptors (Lipinski definition) is 4. The summed E-state index contributed by atoms with van der Waals surface area (Å²) in [5.41, 5.74) is 0. The zero-order valence-corrected chi connectivity index (χ0v) is 13.5. The van der Waals surface area contributed by atoms with Crippen LogP contribution in [0.1, 0.15) is 34.1 Å². The van der Waals surface area contributed by atoms with Crippen LogP contribution >= 0.6 is 0 Å². The van der Waals surface area contributed by atoms with Gasteiger partial charge in [0.25, 0.3) is 5.91 Å². The highest BCUT2D eigenvalue weighted by atomic mass is 16.2. The zero-order valence-electron chi connectivity index (χ0n) is 13.5. The van der Waals surface area contributed by atoms with Crippen molar-refractivity contribution >= 4 is 23.7 Å². The Hall–Kier alpha value is -1.92.